The van der Waals surface area contributed by atoms with Gasteiger partial charge in [-0.1, -0.05) is 29.9 Å². The summed E-state index contributed by atoms with van der Waals surface area (Å²) in [5.74, 6) is -0.227. The summed E-state index contributed by atoms with van der Waals surface area (Å²) in [5.41, 5.74) is 5.80. The van der Waals surface area contributed by atoms with Crippen LogP contribution >= 0.6 is 22.9 Å². The van der Waals surface area contributed by atoms with E-state index in [1.807, 2.05) is 19.1 Å². The summed E-state index contributed by atoms with van der Waals surface area (Å²) in [6.45, 7) is 3.57. The molecule has 1 aromatic carbocycles. The Morgan fingerprint density at radius 3 is 3.00 bits per heavy atom. The van der Waals surface area contributed by atoms with E-state index in [4.69, 9.17) is 17.3 Å². The molecule has 0 aliphatic heterocycles. The predicted molar refractivity (Wildman–Crippen MR) is 76.1 cm³/mol. The van der Waals surface area contributed by atoms with E-state index in [1.165, 1.54) is 11.3 Å². The number of amides is 1. The van der Waals surface area contributed by atoms with Crippen molar-refractivity contribution in [2.45, 2.75) is 25.8 Å². The van der Waals surface area contributed by atoms with Gasteiger partial charge in [-0.05, 0) is 31.5 Å². The largest absolute Gasteiger partial charge is 0.318 e. The van der Waals surface area contributed by atoms with Crippen molar-refractivity contribution in [3.8, 4) is 0 Å². The fourth-order valence-electron chi connectivity index (χ4n) is 1.35. The molecule has 0 aliphatic rings. The van der Waals surface area contributed by atoms with Crippen LogP contribution in [0.2, 0.25) is 5.02 Å². The fourth-order valence-corrected chi connectivity index (χ4v) is 2.49. The van der Waals surface area contributed by atoms with Crippen molar-refractivity contribution in [2.75, 3.05) is 5.32 Å². The van der Waals surface area contributed by atoms with E-state index in [9.17, 15) is 4.79 Å². The number of nitrogens with one attached hydrogen (secondary N) is 1. The molecule has 4 nitrogen and oxygen atoms in total. The number of halogens is 1. The number of carbonyl (C=O) groups excluding carboxylic acids is 1. The third-order valence-corrected chi connectivity index (χ3v) is 3.99. The Morgan fingerprint density at radius 2 is 2.33 bits per heavy atom. The van der Waals surface area contributed by atoms with Gasteiger partial charge < -0.3 is 11.1 Å². The zero-order valence-corrected chi connectivity index (χ0v) is 11.7. The molecular weight excluding hydrogens is 270 g/mol. The minimum Gasteiger partial charge on any atom is -0.318 e. The molecule has 1 amide bonds. The average Bonchev–Trinajstić information content (AvgIpc) is 2.70. The molecule has 6 heteroatoms. The van der Waals surface area contributed by atoms with Crippen LogP contribution in [0.3, 0.4) is 0 Å². The zero-order chi connectivity index (χ0) is 13.3. The molecule has 2 aromatic rings. The third kappa shape index (κ3) is 2.63. The standard InChI is InChI=1S/C12H14ClN3OS/c1-3-12(2,14)10(17)16-11-15-8-5-4-7(13)6-9(8)18-11/h4-6H,3,14H2,1-2H3,(H,15,16,17). The number of anilines is 1. The average molecular weight is 284 g/mol. The van der Waals surface area contributed by atoms with Crippen molar-refractivity contribution in [1.82, 2.24) is 4.98 Å². The molecule has 0 bridgehead atoms. The van der Waals surface area contributed by atoms with Gasteiger partial charge in [0.1, 0.15) is 0 Å². The van der Waals surface area contributed by atoms with Gasteiger partial charge in [-0.2, -0.15) is 0 Å². The van der Waals surface area contributed by atoms with Crippen LogP contribution in [0.5, 0.6) is 0 Å². The summed E-state index contributed by atoms with van der Waals surface area (Å²) in [5, 5.41) is 3.94. The molecule has 0 saturated heterocycles. The zero-order valence-electron chi connectivity index (χ0n) is 10.2. The molecule has 2 rings (SSSR count). The number of hydrogen-bond donors (Lipinski definition) is 2. The van der Waals surface area contributed by atoms with Crippen molar-refractivity contribution in [2.24, 2.45) is 5.73 Å². The lowest BCUT2D eigenvalue weighted by molar-refractivity contribution is -0.120. The normalized spacial score (nSPS) is 14.4. The number of aromatic nitrogens is 1. The van der Waals surface area contributed by atoms with E-state index in [2.05, 4.69) is 10.3 Å². The van der Waals surface area contributed by atoms with Crippen molar-refractivity contribution >= 4 is 44.2 Å². The Labute approximate surface area is 114 Å². The van der Waals surface area contributed by atoms with Crippen molar-refractivity contribution in [3.05, 3.63) is 23.2 Å². The van der Waals surface area contributed by atoms with Gasteiger partial charge in [0.05, 0.1) is 15.8 Å². The molecule has 0 saturated carbocycles. The van der Waals surface area contributed by atoms with Crippen LogP contribution in [0.4, 0.5) is 5.13 Å². The number of carbonyl (C=O) groups is 1. The maximum Gasteiger partial charge on any atom is 0.245 e. The Morgan fingerprint density at radius 1 is 1.61 bits per heavy atom. The Kier molecular flexibility index (Phi) is 3.56. The minimum absolute atomic E-state index is 0.227. The second-order valence-electron chi connectivity index (χ2n) is 4.36. The fraction of sp³-hybridized carbons (Fsp3) is 0.333. The highest BCUT2D eigenvalue weighted by Crippen LogP contribution is 2.28. The maximum atomic E-state index is 11.9. The summed E-state index contributed by atoms with van der Waals surface area (Å²) in [6, 6.07) is 5.42. The molecule has 1 unspecified atom stereocenters. The lowest BCUT2D eigenvalue weighted by atomic mass is 10.00. The lowest BCUT2D eigenvalue weighted by Crippen LogP contribution is -2.47. The number of thiazole rings is 1. The Hall–Kier alpha value is -1.17. The number of nitrogens with two attached hydrogens (primary N) is 1. The molecule has 1 heterocycles. The summed E-state index contributed by atoms with van der Waals surface area (Å²) in [4.78, 5) is 16.2. The van der Waals surface area contributed by atoms with E-state index < -0.39 is 5.54 Å². The van der Waals surface area contributed by atoms with Crippen molar-refractivity contribution < 1.29 is 4.79 Å². The van der Waals surface area contributed by atoms with Gasteiger partial charge >= 0.3 is 0 Å². The van der Waals surface area contributed by atoms with Gasteiger partial charge in [-0.15, -0.1) is 0 Å². The second-order valence-corrected chi connectivity index (χ2v) is 5.82. The summed E-state index contributed by atoms with van der Waals surface area (Å²) in [7, 11) is 0. The van der Waals surface area contributed by atoms with Crippen LogP contribution in [0.25, 0.3) is 10.2 Å². The van der Waals surface area contributed by atoms with Gasteiger partial charge in [-0.3, -0.25) is 4.79 Å². The quantitative estimate of drug-likeness (QED) is 0.910. The molecule has 0 spiro atoms. The molecular formula is C12H14ClN3OS. The molecule has 1 aromatic heterocycles. The van der Waals surface area contributed by atoms with Crippen LogP contribution in [0, 0.1) is 0 Å². The first-order valence-electron chi connectivity index (χ1n) is 5.59. The number of nitrogens with zero attached hydrogens (tertiary/aromatic N) is 1. The summed E-state index contributed by atoms with van der Waals surface area (Å²) in [6.07, 6.45) is 0.565. The minimum atomic E-state index is -0.879. The van der Waals surface area contributed by atoms with E-state index in [1.54, 1.807) is 13.0 Å². The highest BCUT2D eigenvalue weighted by Gasteiger charge is 2.26. The second kappa shape index (κ2) is 4.84. The molecule has 3 N–H and O–H groups in total. The van der Waals surface area contributed by atoms with Crippen molar-refractivity contribution in [3.63, 3.8) is 0 Å². The molecule has 0 radical (unpaired) electrons. The van der Waals surface area contributed by atoms with Crippen LogP contribution in [-0.2, 0) is 4.79 Å². The smallest absolute Gasteiger partial charge is 0.245 e. The molecule has 0 fully saturated rings. The first-order valence-corrected chi connectivity index (χ1v) is 6.78. The van der Waals surface area contributed by atoms with E-state index in [-0.39, 0.29) is 5.91 Å². The molecule has 1 atom stereocenters. The van der Waals surface area contributed by atoms with Crippen molar-refractivity contribution in [1.29, 1.82) is 0 Å². The Bertz CT molecular complexity index is 594. The van der Waals surface area contributed by atoms with Crippen LogP contribution in [0.15, 0.2) is 18.2 Å². The van der Waals surface area contributed by atoms with Gasteiger partial charge in [-0.25, -0.2) is 4.98 Å². The van der Waals surface area contributed by atoms with Crippen LogP contribution in [0.1, 0.15) is 20.3 Å². The predicted octanol–water partition coefficient (Wildman–Crippen LogP) is 3.02. The van der Waals surface area contributed by atoms with E-state index >= 15 is 0 Å². The van der Waals surface area contributed by atoms with Gasteiger partial charge in [0, 0.05) is 5.02 Å². The molecule has 96 valence electrons. The van der Waals surface area contributed by atoms with E-state index in [0.717, 1.165) is 10.2 Å². The molecule has 18 heavy (non-hydrogen) atoms. The van der Waals surface area contributed by atoms with Gasteiger partial charge in [0.25, 0.3) is 0 Å². The lowest BCUT2D eigenvalue weighted by Gasteiger charge is -2.20. The van der Waals surface area contributed by atoms with Gasteiger partial charge in [0.15, 0.2) is 5.13 Å². The topological polar surface area (TPSA) is 68.0 Å². The highest BCUT2D eigenvalue weighted by atomic mass is 35.5. The molecule has 0 aliphatic carbocycles. The Balaban J connectivity index is 2.25. The van der Waals surface area contributed by atoms with Gasteiger partial charge in [0.2, 0.25) is 5.91 Å². The van der Waals surface area contributed by atoms with Crippen LogP contribution in [-0.4, -0.2) is 16.4 Å². The first-order chi connectivity index (χ1) is 8.42. The number of hydrogen-bond acceptors (Lipinski definition) is 4. The SMILES string of the molecule is CCC(C)(N)C(=O)Nc1nc2ccc(Cl)cc2s1. The number of rotatable bonds is 3. The third-order valence-electron chi connectivity index (χ3n) is 2.82. The monoisotopic (exact) mass is 283 g/mol. The first kappa shape index (κ1) is 13.3. The maximum absolute atomic E-state index is 11.9. The summed E-state index contributed by atoms with van der Waals surface area (Å²) >= 11 is 7.28. The van der Waals surface area contributed by atoms with E-state index in [0.29, 0.717) is 16.6 Å². The highest BCUT2D eigenvalue weighted by molar-refractivity contribution is 7.22. The summed E-state index contributed by atoms with van der Waals surface area (Å²) < 4.78 is 0.938. The number of benzene rings is 1. The number of fused-ring (bicyclic) bond motifs is 1. The van der Waals surface area contributed by atoms with Crippen LogP contribution < -0.4 is 11.1 Å².